The molecule has 0 aromatic heterocycles. The monoisotopic (exact) mass is 302 g/mol. The van der Waals surface area contributed by atoms with Crippen molar-refractivity contribution in [3.05, 3.63) is 53.8 Å². The molecule has 2 aromatic carbocycles. The maximum Gasteiger partial charge on any atom is 0.264 e. The van der Waals surface area contributed by atoms with Gasteiger partial charge in [0.1, 0.15) is 22.2 Å². The molecule has 0 bridgehead atoms. The predicted molar refractivity (Wildman–Crippen MR) is 68.0 cm³/mol. The van der Waals surface area contributed by atoms with Crippen molar-refractivity contribution >= 4 is 21.4 Å². The Kier molecular flexibility index (Phi) is 3.58. The molecule has 0 spiro atoms. The van der Waals surface area contributed by atoms with Crippen LogP contribution in [0.25, 0.3) is 0 Å². The van der Waals surface area contributed by atoms with Gasteiger partial charge >= 0.3 is 0 Å². The van der Waals surface area contributed by atoms with Crippen molar-refractivity contribution in [3.8, 4) is 0 Å². The third-order valence-electron chi connectivity index (χ3n) is 2.50. The maximum atomic E-state index is 13.6. The molecule has 0 saturated carbocycles. The number of hydrogen-bond acceptors (Lipinski definition) is 3. The van der Waals surface area contributed by atoms with E-state index >= 15 is 0 Å². The topological polar surface area (TPSA) is 72.2 Å². The van der Waals surface area contributed by atoms with Gasteiger partial charge in [-0.1, -0.05) is 12.1 Å². The number of anilines is 2. The molecule has 0 fully saturated rings. The maximum absolute atomic E-state index is 13.6. The normalized spacial score (nSPS) is 11.3. The minimum Gasteiger partial charge on any atom is -0.394 e. The molecule has 4 nitrogen and oxygen atoms in total. The molecule has 3 N–H and O–H groups in total. The van der Waals surface area contributed by atoms with Gasteiger partial charge in [0.05, 0.1) is 5.69 Å². The number of rotatable bonds is 3. The Hall–Kier alpha value is -2.22. The lowest BCUT2D eigenvalue weighted by Crippen LogP contribution is -2.16. The van der Waals surface area contributed by atoms with Crippen LogP contribution < -0.4 is 10.5 Å². The van der Waals surface area contributed by atoms with Crippen LogP contribution in [-0.2, 0) is 10.0 Å². The Morgan fingerprint density at radius 2 is 1.60 bits per heavy atom. The second-order valence-corrected chi connectivity index (χ2v) is 5.51. The minimum atomic E-state index is -4.34. The molecular weight excluding hydrogens is 293 g/mol. The molecule has 106 valence electrons. The highest BCUT2D eigenvalue weighted by Crippen LogP contribution is 2.25. The van der Waals surface area contributed by atoms with Crippen molar-refractivity contribution in [3.63, 3.8) is 0 Å². The Bertz CT molecular complexity index is 763. The molecule has 0 radical (unpaired) electrons. The Labute approximate surface area is 113 Å². The fourth-order valence-corrected chi connectivity index (χ4v) is 2.65. The van der Waals surface area contributed by atoms with Crippen molar-refractivity contribution in [2.45, 2.75) is 4.90 Å². The SMILES string of the molecule is Nc1c(F)ccc(NS(=O)(=O)c2ccccc2F)c1F. The van der Waals surface area contributed by atoms with Crippen LogP contribution in [0.5, 0.6) is 0 Å². The van der Waals surface area contributed by atoms with Crippen LogP contribution in [0, 0.1) is 17.5 Å². The number of benzene rings is 2. The zero-order chi connectivity index (χ0) is 14.9. The van der Waals surface area contributed by atoms with Crippen LogP contribution >= 0.6 is 0 Å². The first-order chi connectivity index (χ1) is 9.33. The molecule has 0 aliphatic carbocycles. The van der Waals surface area contributed by atoms with Gasteiger partial charge in [-0.3, -0.25) is 4.72 Å². The summed E-state index contributed by atoms with van der Waals surface area (Å²) >= 11 is 0. The molecule has 0 unspecified atom stereocenters. The third kappa shape index (κ3) is 2.55. The van der Waals surface area contributed by atoms with E-state index in [1.54, 1.807) is 0 Å². The first kappa shape index (κ1) is 14.2. The Morgan fingerprint density at radius 3 is 2.25 bits per heavy atom. The van der Waals surface area contributed by atoms with Gasteiger partial charge in [-0.25, -0.2) is 21.6 Å². The number of nitrogens with two attached hydrogens (primary N) is 1. The Morgan fingerprint density at radius 1 is 0.950 bits per heavy atom. The molecule has 0 saturated heterocycles. The van der Waals surface area contributed by atoms with Gasteiger partial charge in [-0.15, -0.1) is 0 Å². The largest absolute Gasteiger partial charge is 0.394 e. The first-order valence-electron chi connectivity index (χ1n) is 5.34. The first-order valence-corrected chi connectivity index (χ1v) is 6.82. The lowest BCUT2D eigenvalue weighted by atomic mass is 10.2. The standard InChI is InChI=1S/C12H9F3N2O2S/c13-7-3-1-2-4-10(7)20(18,19)17-9-6-5-8(14)12(16)11(9)15/h1-6,17H,16H2. The summed E-state index contributed by atoms with van der Waals surface area (Å²) in [6.07, 6.45) is 0. The summed E-state index contributed by atoms with van der Waals surface area (Å²) in [5, 5.41) is 0. The molecule has 0 heterocycles. The van der Waals surface area contributed by atoms with Gasteiger partial charge < -0.3 is 5.73 Å². The van der Waals surface area contributed by atoms with Crippen molar-refractivity contribution in [1.29, 1.82) is 0 Å². The lowest BCUT2D eigenvalue weighted by Gasteiger charge is -2.10. The summed E-state index contributed by atoms with van der Waals surface area (Å²) in [6.45, 7) is 0. The summed E-state index contributed by atoms with van der Waals surface area (Å²) in [4.78, 5) is -0.651. The zero-order valence-electron chi connectivity index (χ0n) is 9.90. The van der Waals surface area contributed by atoms with Crippen molar-refractivity contribution in [1.82, 2.24) is 0 Å². The third-order valence-corrected chi connectivity index (χ3v) is 3.90. The minimum absolute atomic E-state index is 0.563. The Balaban J connectivity index is 2.45. The van der Waals surface area contributed by atoms with E-state index in [0.29, 0.717) is 0 Å². The molecule has 0 amide bonds. The zero-order valence-corrected chi connectivity index (χ0v) is 10.7. The van der Waals surface area contributed by atoms with E-state index in [9.17, 15) is 21.6 Å². The number of halogens is 3. The van der Waals surface area contributed by atoms with Crippen molar-refractivity contribution in [2.75, 3.05) is 10.5 Å². The molecule has 0 atom stereocenters. The van der Waals surface area contributed by atoms with E-state index in [4.69, 9.17) is 5.73 Å². The van der Waals surface area contributed by atoms with E-state index in [1.807, 2.05) is 4.72 Å². The molecule has 0 aliphatic heterocycles. The van der Waals surface area contributed by atoms with E-state index < -0.39 is 43.7 Å². The van der Waals surface area contributed by atoms with Crippen LogP contribution in [0.15, 0.2) is 41.3 Å². The highest BCUT2D eigenvalue weighted by atomic mass is 32.2. The lowest BCUT2D eigenvalue weighted by molar-refractivity contribution is 0.568. The second kappa shape index (κ2) is 5.04. The van der Waals surface area contributed by atoms with Gasteiger partial charge in [0, 0.05) is 0 Å². The fourth-order valence-electron chi connectivity index (χ4n) is 1.51. The summed E-state index contributed by atoms with van der Waals surface area (Å²) in [6, 6.07) is 6.25. The van der Waals surface area contributed by atoms with E-state index in [0.717, 1.165) is 24.3 Å². The van der Waals surface area contributed by atoms with Gasteiger partial charge in [-0.2, -0.15) is 0 Å². The molecule has 2 aromatic rings. The number of hydrogen-bond donors (Lipinski definition) is 2. The summed E-state index contributed by atoms with van der Waals surface area (Å²) in [5.74, 6) is -3.27. The average Bonchev–Trinajstić information content (AvgIpc) is 2.40. The molecule has 20 heavy (non-hydrogen) atoms. The van der Waals surface area contributed by atoms with Crippen LogP contribution in [-0.4, -0.2) is 8.42 Å². The van der Waals surface area contributed by atoms with Crippen LogP contribution in [0.1, 0.15) is 0 Å². The summed E-state index contributed by atoms with van der Waals surface area (Å²) < 4.78 is 65.7. The highest BCUT2D eigenvalue weighted by Gasteiger charge is 2.21. The van der Waals surface area contributed by atoms with E-state index in [2.05, 4.69) is 0 Å². The van der Waals surface area contributed by atoms with Gasteiger partial charge in [-0.05, 0) is 24.3 Å². The van der Waals surface area contributed by atoms with Crippen molar-refractivity contribution in [2.24, 2.45) is 0 Å². The van der Waals surface area contributed by atoms with Gasteiger partial charge in [0.15, 0.2) is 5.82 Å². The van der Waals surface area contributed by atoms with E-state index in [1.165, 1.54) is 12.1 Å². The van der Waals surface area contributed by atoms with E-state index in [-0.39, 0.29) is 0 Å². The number of nitrogen functional groups attached to an aromatic ring is 1. The van der Waals surface area contributed by atoms with Crippen LogP contribution in [0.2, 0.25) is 0 Å². The molecular formula is C12H9F3N2O2S. The van der Waals surface area contributed by atoms with Crippen molar-refractivity contribution < 1.29 is 21.6 Å². The smallest absolute Gasteiger partial charge is 0.264 e. The second-order valence-electron chi connectivity index (χ2n) is 3.86. The van der Waals surface area contributed by atoms with Gasteiger partial charge in [0.25, 0.3) is 10.0 Å². The summed E-state index contributed by atoms with van der Waals surface area (Å²) in [7, 11) is -4.34. The highest BCUT2D eigenvalue weighted by molar-refractivity contribution is 7.92. The number of nitrogens with one attached hydrogen (secondary N) is 1. The van der Waals surface area contributed by atoms with Gasteiger partial charge in [0.2, 0.25) is 0 Å². The molecule has 2 rings (SSSR count). The fraction of sp³-hybridized carbons (Fsp3) is 0. The van der Waals surface area contributed by atoms with Crippen LogP contribution in [0.3, 0.4) is 0 Å². The molecule has 0 aliphatic rings. The van der Waals surface area contributed by atoms with Crippen LogP contribution in [0.4, 0.5) is 24.5 Å². The predicted octanol–water partition coefficient (Wildman–Crippen LogP) is 2.49. The summed E-state index contributed by atoms with van der Waals surface area (Å²) in [5.41, 5.74) is 3.73. The molecule has 8 heteroatoms. The number of sulfonamides is 1. The average molecular weight is 302 g/mol. The quantitative estimate of drug-likeness (QED) is 0.856.